The Morgan fingerprint density at radius 3 is 1.04 bits per heavy atom. The van der Waals surface area contributed by atoms with Gasteiger partial charge in [-0.15, -0.1) is 0 Å². The molecule has 20 nitrogen and oxygen atoms in total. The van der Waals surface area contributed by atoms with Gasteiger partial charge in [0.15, 0.2) is 32.8 Å². The summed E-state index contributed by atoms with van der Waals surface area (Å²) in [5.41, 5.74) is 0.507. The van der Waals surface area contributed by atoms with E-state index in [0.717, 1.165) is 0 Å². The van der Waals surface area contributed by atoms with Crippen LogP contribution in [0.25, 0.3) is 0 Å². The molecule has 0 bridgehead atoms. The van der Waals surface area contributed by atoms with E-state index in [1.807, 2.05) is 36.4 Å². The fourth-order valence-corrected chi connectivity index (χ4v) is 6.64. The summed E-state index contributed by atoms with van der Waals surface area (Å²) >= 11 is 0. The van der Waals surface area contributed by atoms with Gasteiger partial charge in [0.2, 0.25) is 0 Å². The molecule has 388 valence electrons. The Hall–Kier alpha value is -7.11. The maximum absolute atomic E-state index is 14.2. The van der Waals surface area contributed by atoms with Crippen LogP contribution in [0.5, 0.6) is 34.5 Å². The third-order valence-electron chi connectivity index (χ3n) is 10.1. The van der Waals surface area contributed by atoms with Gasteiger partial charge in [0.25, 0.3) is 0 Å². The maximum Gasteiger partial charge on any atom is 0.343 e. The van der Waals surface area contributed by atoms with E-state index >= 15 is 0 Å². The lowest BCUT2D eigenvalue weighted by molar-refractivity contribution is -0.0119. The van der Waals surface area contributed by atoms with Crippen molar-refractivity contribution in [2.75, 3.05) is 108 Å². The standard InChI is InChI=1S/C53H59N3O17/c1-59-17-21-63-35-67-42-27-40(28-43(31-42)68-36-64-22-18-60-2)51(57)72-46-25-39(34-71-53(48-11-5-8-14-54-48,49-12-6-9-15-55-49)50-13-7-10-16-56-50)26-47(33-46)73-52(58)41-29-44(69-37-65-23-19-61-3)32-45(30-41)70-38-66-24-20-62-4/h5-16,25-33H,17-24,34-38H2,1-4H3. The molecule has 0 amide bonds. The van der Waals surface area contributed by atoms with Crippen molar-refractivity contribution in [2.24, 2.45) is 0 Å². The van der Waals surface area contributed by atoms with E-state index in [1.54, 1.807) is 89.5 Å². The van der Waals surface area contributed by atoms with Crippen LogP contribution in [-0.2, 0) is 54.8 Å². The third-order valence-corrected chi connectivity index (χ3v) is 10.1. The van der Waals surface area contributed by atoms with Crippen molar-refractivity contribution in [1.82, 2.24) is 15.0 Å². The van der Waals surface area contributed by atoms with E-state index in [0.29, 0.717) is 49.1 Å². The second kappa shape index (κ2) is 30.7. The molecule has 73 heavy (non-hydrogen) atoms. The molecule has 6 rings (SSSR count). The third kappa shape index (κ3) is 17.6. The summed E-state index contributed by atoms with van der Waals surface area (Å²) in [4.78, 5) is 42.5. The molecule has 0 aliphatic rings. The van der Waals surface area contributed by atoms with Crippen LogP contribution in [-0.4, -0.2) is 135 Å². The first-order valence-corrected chi connectivity index (χ1v) is 22.9. The molecule has 0 unspecified atom stereocenters. The van der Waals surface area contributed by atoms with Gasteiger partial charge in [0, 0.05) is 65.2 Å². The molecule has 0 N–H and O–H groups in total. The molecule has 0 radical (unpaired) electrons. The van der Waals surface area contributed by atoms with Gasteiger partial charge in [-0.1, -0.05) is 18.2 Å². The Balaban J connectivity index is 1.36. The van der Waals surface area contributed by atoms with Gasteiger partial charge < -0.3 is 71.1 Å². The van der Waals surface area contributed by atoms with Gasteiger partial charge in [-0.3, -0.25) is 15.0 Å². The molecule has 3 aromatic carbocycles. The summed E-state index contributed by atoms with van der Waals surface area (Å²) < 4.78 is 84.5. The van der Waals surface area contributed by atoms with Crippen molar-refractivity contribution in [3.05, 3.63) is 162 Å². The molecule has 0 atom stereocenters. The Bertz CT molecular complexity index is 2290. The Morgan fingerprint density at radius 2 is 0.740 bits per heavy atom. The Kier molecular flexibility index (Phi) is 23.2. The molecule has 0 saturated heterocycles. The quantitative estimate of drug-likeness (QED) is 0.0176. The number of hydrogen-bond donors (Lipinski definition) is 0. The van der Waals surface area contributed by atoms with Crippen LogP contribution in [0, 0.1) is 0 Å². The van der Waals surface area contributed by atoms with Gasteiger partial charge in [0.05, 0.1) is 87.7 Å². The van der Waals surface area contributed by atoms with E-state index in [-0.39, 0.29) is 106 Å². The summed E-state index contributed by atoms with van der Waals surface area (Å²) in [6.07, 6.45) is 4.95. The molecule has 0 aliphatic carbocycles. The molecule has 20 heteroatoms. The van der Waals surface area contributed by atoms with E-state index < -0.39 is 17.5 Å². The smallest absolute Gasteiger partial charge is 0.343 e. The predicted octanol–water partition coefficient (Wildman–Crippen LogP) is 6.82. The summed E-state index contributed by atoms with van der Waals surface area (Å²) in [6.45, 7) is 1.75. The van der Waals surface area contributed by atoms with E-state index in [2.05, 4.69) is 0 Å². The average molecular weight is 1010 g/mol. The number of carbonyl (C=O) groups excluding carboxylic acids is 2. The summed E-state index contributed by atoms with van der Waals surface area (Å²) in [7, 11) is 6.22. The largest absolute Gasteiger partial charge is 0.467 e. The Morgan fingerprint density at radius 1 is 0.411 bits per heavy atom. The number of hydrogen-bond acceptors (Lipinski definition) is 20. The van der Waals surface area contributed by atoms with Crippen LogP contribution in [0.3, 0.4) is 0 Å². The first kappa shape index (κ1) is 55.2. The number of nitrogens with zero attached hydrogens (tertiary/aromatic N) is 3. The molecule has 3 heterocycles. The second-order valence-electron chi connectivity index (χ2n) is 15.2. The van der Waals surface area contributed by atoms with Gasteiger partial charge >= 0.3 is 11.9 Å². The van der Waals surface area contributed by atoms with Crippen molar-refractivity contribution in [1.29, 1.82) is 0 Å². The van der Waals surface area contributed by atoms with Crippen molar-refractivity contribution in [2.45, 2.75) is 12.2 Å². The molecule has 0 spiro atoms. The number of rotatable bonds is 34. The fraction of sp³-hybridized carbons (Fsp3) is 0.340. The zero-order valence-corrected chi connectivity index (χ0v) is 41.1. The van der Waals surface area contributed by atoms with Gasteiger partial charge in [-0.2, -0.15) is 0 Å². The first-order valence-electron chi connectivity index (χ1n) is 22.9. The number of pyridine rings is 3. The molecule has 6 aromatic rings. The fourth-order valence-electron chi connectivity index (χ4n) is 6.64. The lowest BCUT2D eigenvalue weighted by Crippen LogP contribution is -2.35. The molecule has 3 aromatic heterocycles. The number of benzene rings is 3. The minimum Gasteiger partial charge on any atom is -0.467 e. The van der Waals surface area contributed by atoms with Crippen molar-refractivity contribution in [3.63, 3.8) is 0 Å². The lowest BCUT2D eigenvalue weighted by atomic mass is 9.89. The van der Waals surface area contributed by atoms with E-state index in [9.17, 15) is 9.59 Å². The molecule has 0 aliphatic heterocycles. The van der Waals surface area contributed by atoms with Crippen molar-refractivity contribution in [3.8, 4) is 34.5 Å². The van der Waals surface area contributed by atoms with Crippen molar-refractivity contribution >= 4 is 11.9 Å². The van der Waals surface area contributed by atoms with Crippen LogP contribution in [0.4, 0.5) is 0 Å². The zero-order chi connectivity index (χ0) is 51.4. The predicted molar refractivity (Wildman–Crippen MR) is 260 cm³/mol. The highest BCUT2D eigenvalue weighted by atomic mass is 16.7. The minimum absolute atomic E-state index is 0.0184. The maximum atomic E-state index is 14.2. The van der Waals surface area contributed by atoms with Crippen LogP contribution < -0.4 is 28.4 Å². The SMILES string of the molecule is COCCOCOc1cc(OCOCCOC)cc(C(=O)Oc2cc(COC(c3ccccn3)(c3ccccn3)c3ccccn3)cc(OC(=O)c3cc(OCOCCOC)cc(OCOCCOC)c3)c2)c1. The van der Waals surface area contributed by atoms with E-state index in [4.69, 9.17) is 86.0 Å². The molecular weight excluding hydrogens is 951 g/mol. The molecule has 0 saturated carbocycles. The number of ether oxygens (including phenoxy) is 15. The number of aromatic nitrogens is 3. The number of esters is 2. The number of methoxy groups -OCH3 is 4. The number of carbonyl (C=O) groups is 2. The van der Waals surface area contributed by atoms with Gasteiger partial charge in [-0.25, -0.2) is 9.59 Å². The normalized spacial score (nSPS) is 11.2. The van der Waals surface area contributed by atoms with Gasteiger partial charge in [0.1, 0.15) is 34.5 Å². The van der Waals surface area contributed by atoms with Crippen molar-refractivity contribution < 1.29 is 80.6 Å². The van der Waals surface area contributed by atoms with Gasteiger partial charge in [-0.05, 0) is 78.4 Å². The monoisotopic (exact) mass is 1010 g/mol. The Labute approximate surface area is 423 Å². The highest BCUT2D eigenvalue weighted by molar-refractivity contribution is 5.93. The van der Waals surface area contributed by atoms with E-state index in [1.165, 1.54) is 30.3 Å². The summed E-state index contributed by atoms with van der Waals surface area (Å²) in [6, 6.07) is 29.9. The molecule has 0 fully saturated rings. The topological polar surface area (TPSA) is 211 Å². The lowest BCUT2D eigenvalue weighted by Gasteiger charge is -2.32. The summed E-state index contributed by atoms with van der Waals surface area (Å²) in [5.74, 6) is -0.714. The first-order chi connectivity index (χ1) is 35.8. The summed E-state index contributed by atoms with van der Waals surface area (Å²) in [5, 5.41) is 0. The zero-order valence-electron chi connectivity index (χ0n) is 41.1. The van der Waals surface area contributed by atoms with Crippen LogP contribution in [0.1, 0.15) is 43.4 Å². The van der Waals surface area contributed by atoms with Crippen LogP contribution in [0.2, 0.25) is 0 Å². The second-order valence-corrected chi connectivity index (χ2v) is 15.2. The highest BCUT2D eigenvalue weighted by Crippen LogP contribution is 2.39. The van der Waals surface area contributed by atoms with Crippen LogP contribution >= 0.6 is 0 Å². The highest BCUT2D eigenvalue weighted by Gasteiger charge is 2.42. The average Bonchev–Trinajstić information content (AvgIpc) is 3.41. The minimum atomic E-state index is -1.46. The van der Waals surface area contributed by atoms with Crippen LogP contribution in [0.15, 0.2) is 128 Å². The molecular formula is C53H59N3O17.